The fourth-order valence-corrected chi connectivity index (χ4v) is 2.88. The Hall–Kier alpha value is -0.510. The van der Waals surface area contributed by atoms with E-state index in [-0.39, 0.29) is 12.1 Å². The molecule has 1 rings (SSSR count). The van der Waals surface area contributed by atoms with Crippen molar-refractivity contribution in [2.75, 3.05) is 13.7 Å². The van der Waals surface area contributed by atoms with Crippen LogP contribution in [-0.4, -0.2) is 29.5 Å². The summed E-state index contributed by atoms with van der Waals surface area (Å²) in [5, 5.41) is 13.0. The van der Waals surface area contributed by atoms with E-state index >= 15 is 0 Å². The smallest absolute Gasteiger partial charge is 0.0610 e. The van der Waals surface area contributed by atoms with E-state index < -0.39 is 0 Å². The maximum atomic E-state index is 9.33. The second-order valence-corrected chi connectivity index (χ2v) is 5.93. The SMILES string of the molecule is CNC(C)(CO)CC(C)Sc1ccccc1. The van der Waals surface area contributed by atoms with E-state index in [9.17, 15) is 5.11 Å². The maximum absolute atomic E-state index is 9.33. The Labute approximate surface area is 102 Å². The first-order valence-electron chi connectivity index (χ1n) is 5.61. The Morgan fingerprint density at radius 2 is 2.00 bits per heavy atom. The van der Waals surface area contributed by atoms with Crippen LogP contribution in [-0.2, 0) is 0 Å². The van der Waals surface area contributed by atoms with Gasteiger partial charge in [-0.05, 0) is 32.5 Å². The van der Waals surface area contributed by atoms with Gasteiger partial charge in [0.05, 0.1) is 6.61 Å². The lowest BCUT2D eigenvalue weighted by molar-refractivity contribution is 0.174. The first-order chi connectivity index (χ1) is 7.59. The van der Waals surface area contributed by atoms with Crippen LogP contribution in [0.1, 0.15) is 20.3 Å². The highest BCUT2D eigenvalue weighted by atomic mass is 32.2. The molecule has 2 nitrogen and oxygen atoms in total. The molecule has 0 saturated carbocycles. The average Bonchev–Trinajstić information content (AvgIpc) is 2.30. The summed E-state index contributed by atoms with van der Waals surface area (Å²) in [5.74, 6) is 0. The molecule has 0 fully saturated rings. The highest BCUT2D eigenvalue weighted by molar-refractivity contribution is 7.99. The van der Waals surface area contributed by atoms with Crippen molar-refractivity contribution < 1.29 is 5.11 Å². The van der Waals surface area contributed by atoms with Crippen molar-refractivity contribution in [1.29, 1.82) is 0 Å². The van der Waals surface area contributed by atoms with E-state index in [2.05, 4.69) is 43.4 Å². The molecule has 2 atom stereocenters. The summed E-state index contributed by atoms with van der Waals surface area (Å²) in [5.41, 5.74) is -0.179. The Balaban J connectivity index is 2.50. The number of thioether (sulfide) groups is 1. The van der Waals surface area contributed by atoms with Crippen LogP contribution in [0.3, 0.4) is 0 Å². The van der Waals surface area contributed by atoms with Gasteiger partial charge in [-0.2, -0.15) is 0 Å². The Bertz CT molecular complexity index is 298. The number of aliphatic hydroxyl groups is 1. The fraction of sp³-hybridized carbons (Fsp3) is 0.538. The van der Waals surface area contributed by atoms with Crippen molar-refractivity contribution >= 4 is 11.8 Å². The minimum atomic E-state index is -0.179. The highest BCUT2D eigenvalue weighted by Crippen LogP contribution is 2.28. The van der Waals surface area contributed by atoms with Crippen LogP contribution >= 0.6 is 11.8 Å². The van der Waals surface area contributed by atoms with Crippen molar-refractivity contribution in [1.82, 2.24) is 5.32 Å². The van der Waals surface area contributed by atoms with Gasteiger partial charge in [-0.1, -0.05) is 25.1 Å². The summed E-state index contributed by atoms with van der Waals surface area (Å²) in [6.45, 7) is 4.42. The molecule has 2 N–H and O–H groups in total. The van der Waals surface area contributed by atoms with E-state index in [4.69, 9.17) is 0 Å². The summed E-state index contributed by atoms with van der Waals surface area (Å²) in [6, 6.07) is 10.4. The molecule has 16 heavy (non-hydrogen) atoms. The molecule has 0 bridgehead atoms. The van der Waals surface area contributed by atoms with Crippen molar-refractivity contribution in [2.24, 2.45) is 0 Å². The summed E-state index contributed by atoms with van der Waals surface area (Å²) in [4.78, 5) is 1.28. The zero-order valence-electron chi connectivity index (χ0n) is 10.2. The first kappa shape index (κ1) is 13.6. The van der Waals surface area contributed by atoms with E-state index in [1.165, 1.54) is 4.90 Å². The second-order valence-electron chi connectivity index (χ2n) is 4.41. The topological polar surface area (TPSA) is 32.3 Å². The van der Waals surface area contributed by atoms with E-state index in [0.29, 0.717) is 5.25 Å². The molecule has 3 heteroatoms. The van der Waals surface area contributed by atoms with Crippen LogP contribution in [0.15, 0.2) is 35.2 Å². The lowest BCUT2D eigenvalue weighted by Crippen LogP contribution is -2.45. The minimum absolute atomic E-state index is 0.170. The number of nitrogens with one attached hydrogen (secondary N) is 1. The third kappa shape index (κ3) is 4.16. The van der Waals surface area contributed by atoms with Gasteiger partial charge >= 0.3 is 0 Å². The molecule has 0 aliphatic rings. The normalized spacial score (nSPS) is 16.8. The van der Waals surface area contributed by atoms with Crippen LogP contribution in [0.4, 0.5) is 0 Å². The Morgan fingerprint density at radius 1 is 1.38 bits per heavy atom. The molecule has 1 aromatic rings. The molecule has 0 saturated heterocycles. The average molecular weight is 239 g/mol. The van der Waals surface area contributed by atoms with Crippen molar-refractivity contribution in [3.05, 3.63) is 30.3 Å². The van der Waals surface area contributed by atoms with Crippen LogP contribution in [0, 0.1) is 0 Å². The number of aliphatic hydroxyl groups excluding tert-OH is 1. The van der Waals surface area contributed by atoms with Crippen LogP contribution in [0.5, 0.6) is 0 Å². The number of rotatable bonds is 6. The van der Waals surface area contributed by atoms with Gasteiger partial charge in [0, 0.05) is 15.7 Å². The van der Waals surface area contributed by atoms with Gasteiger partial charge in [-0.3, -0.25) is 0 Å². The van der Waals surface area contributed by atoms with Gasteiger partial charge in [0.1, 0.15) is 0 Å². The summed E-state index contributed by atoms with van der Waals surface area (Å²) in [6.07, 6.45) is 0.944. The zero-order valence-corrected chi connectivity index (χ0v) is 11.1. The number of hydrogen-bond acceptors (Lipinski definition) is 3. The second kappa shape index (κ2) is 6.28. The Kier molecular flexibility index (Phi) is 5.32. The van der Waals surface area contributed by atoms with Crippen molar-refractivity contribution in [3.63, 3.8) is 0 Å². The van der Waals surface area contributed by atoms with Gasteiger partial charge in [0.25, 0.3) is 0 Å². The standard InChI is InChI=1S/C13H21NOS/c1-11(9-13(2,10-15)14-3)16-12-7-5-4-6-8-12/h4-8,11,14-15H,9-10H2,1-3H3. The largest absolute Gasteiger partial charge is 0.394 e. The minimum Gasteiger partial charge on any atom is -0.394 e. The summed E-state index contributed by atoms with van der Waals surface area (Å²) in [7, 11) is 1.90. The van der Waals surface area contributed by atoms with Gasteiger partial charge in [0.2, 0.25) is 0 Å². The van der Waals surface area contributed by atoms with Crippen LogP contribution in [0.2, 0.25) is 0 Å². The predicted molar refractivity (Wildman–Crippen MR) is 70.9 cm³/mol. The van der Waals surface area contributed by atoms with Gasteiger partial charge in [0.15, 0.2) is 0 Å². The molecule has 0 aliphatic heterocycles. The molecule has 0 aromatic heterocycles. The number of hydrogen-bond donors (Lipinski definition) is 2. The fourth-order valence-electron chi connectivity index (χ4n) is 1.65. The Morgan fingerprint density at radius 3 is 2.50 bits per heavy atom. The quantitative estimate of drug-likeness (QED) is 0.748. The monoisotopic (exact) mass is 239 g/mol. The zero-order chi connectivity index (χ0) is 12.0. The predicted octanol–water partition coefficient (Wildman–Crippen LogP) is 2.53. The van der Waals surface area contributed by atoms with Gasteiger partial charge in [-0.25, -0.2) is 0 Å². The molecule has 0 aliphatic carbocycles. The van der Waals surface area contributed by atoms with Crippen LogP contribution < -0.4 is 5.32 Å². The molecule has 0 radical (unpaired) electrons. The molecule has 2 unspecified atom stereocenters. The molecule has 0 heterocycles. The number of likely N-dealkylation sites (N-methyl/N-ethyl adjacent to an activating group) is 1. The third-order valence-electron chi connectivity index (χ3n) is 2.77. The number of benzene rings is 1. The molecule has 1 aromatic carbocycles. The summed E-state index contributed by atoms with van der Waals surface area (Å²) < 4.78 is 0. The molecular weight excluding hydrogens is 218 g/mol. The van der Waals surface area contributed by atoms with E-state index in [1.807, 2.05) is 24.9 Å². The van der Waals surface area contributed by atoms with E-state index in [0.717, 1.165) is 6.42 Å². The van der Waals surface area contributed by atoms with Crippen molar-refractivity contribution in [3.8, 4) is 0 Å². The molecule has 90 valence electrons. The lowest BCUT2D eigenvalue weighted by atomic mass is 9.97. The molecular formula is C13H21NOS. The first-order valence-corrected chi connectivity index (χ1v) is 6.49. The highest BCUT2D eigenvalue weighted by Gasteiger charge is 2.23. The van der Waals surface area contributed by atoms with Gasteiger partial charge < -0.3 is 10.4 Å². The summed E-state index contributed by atoms with van der Waals surface area (Å²) >= 11 is 1.85. The molecule has 0 amide bonds. The maximum Gasteiger partial charge on any atom is 0.0610 e. The molecule has 0 spiro atoms. The van der Waals surface area contributed by atoms with E-state index in [1.54, 1.807) is 0 Å². The van der Waals surface area contributed by atoms with Crippen molar-refractivity contribution in [2.45, 2.75) is 36.0 Å². The lowest BCUT2D eigenvalue weighted by Gasteiger charge is -2.29. The van der Waals surface area contributed by atoms with Gasteiger partial charge in [-0.15, -0.1) is 11.8 Å². The van der Waals surface area contributed by atoms with Crippen LogP contribution in [0.25, 0.3) is 0 Å². The third-order valence-corrected chi connectivity index (χ3v) is 3.88.